The van der Waals surface area contributed by atoms with Crippen LogP contribution < -0.4 is 0 Å². The molecule has 160 valence electrons. The summed E-state index contributed by atoms with van der Waals surface area (Å²) in [6, 6.07) is 10.1. The van der Waals surface area contributed by atoms with Gasteiger partial charge in [0.15, 0.2) is 5.69 Å². The Labute approximate surface area is 180 Å². The number of nitrogens with zero attached hydrogens (tertiary/aromatic N) is 7. The lowest BCUT2D eigenvalue weighted by molar-refractivity contribution is -0.133. The summed E-state index contributed by atoms with van der Waals surface area (Å²) in [7, 11) is 0. The Balaban J connectivity index is 1.22. The molecule has 1 saturated heterocycles. The Kier molecular flexibility index (Phi) is 5.23. The van der Waals surface area contributed by atoms with Crippen LogP contribution in [0.5, 0.6) is 0 Å². The number of aromatic nitrogens is 5. The van der Waals surface area contributed by atoms with Crippen LogP contribution in [-0.4, -0.2) is 65.5 Å². The Bertz CT molecular complexity index is 1080. The van der Waals surface area contributed by atoms with Gasteiger partial charge in [-0.25, -0.2) is 4.68 Å². The van der Waals surface area contributed by atoms with Crippen molar-refractivity contribution in [1.82, 2.24) is 34.6 Å². The normalized spacial score (nSPS) is 18.3. The number of amides is 2. The number of likely N-dealkylation sites (tertiary alicyclic amines) is 1. The molecule has 2 amide bonds. The van der Waals surface area contributed by atoms with E-state index in [1.807, 2.05) is 28.0 Å². The van der Waals surface area contributed by atoms with Crippen LogP contribution >= 0.6 is 0 Å². The van der Waals surface area contributed by atoms with Gasteiger partial charge in [-0.3, -0.25) is 14.3 Å². The first-order chi connectivity index (χ1) is 15.2. The van der Waals surface area contributed by atoms with Gasteiger partial charge in [0, 0.05) is 32.0 Å². The van der Waals surface area contributed by atoms with Gasteiger partial charge in [-0.2, -0.15) is 5.10 Å². The van der Waals surface area contributed by atoms with Gasteiger partial charge in [-0.15, -0.1) is 5.10 Å². The van der Waals surface area contributed by atoms with E-state index in [0.717, 1.165) is 25.8 Å². The molecule has 0 bridgehead atoms. The van der Waals surface area contributed by atoms with Crippen LogP contribution in [0.3, 0.4) is 0 Å². The molecule has 1 atom stereocenters. The van der Waals surface area contributed by atoms with E-state index in [9.17, 15) is 9.59 Å². The van der Waals surface area contributed by atoms with Gasteiger partial charge in [0.1, 0.15) is 6.54 Å². The molecule has 2 aliphatic rings. The molecule has 3 aromatic rings. The first-order valence-electron chi connectivity index (χ1n) is 10.7. The van der Waals surface area contributed by atoms with Crippen molar-refractivity contribution in [2.45, 2.75) is 44.9 Å². The van der Waals surface area contributed by atoms with Gasteiger partial charge in [-0.05, 0) is 36.5 Å². The highest BCUT2D eigenvalue weighted by Crippen LogP contribution is 2.21. The van der Waals surface area contributed by atoms with Crippen molar-refractivity contribution in [3.63, 3.8) is 0 Å². The van der Waals surface area contributed by atoms with E-state index in [0.29, 0.717) is 25.3 Å². The van der Waals surface area contributed by atoms with E-state index < -0.39 is 0 Å². The van der Waals surface area contributed by atoms with Gasteiger partial charge >= 0.3 is 0 Å². The zero-order valence-corrected chi connectivity index (χ0v) is 17.3. The first-order valence-corrected chi connectivity index (χ1v) is 10.7. The third-order valence-electron chi connectivity index (χ3n) is 6.13. The summed E-state index contributed by atoms with van der Waals surface area (Å²) >= 11 is 0. The molecule has 9 heteroatoms. The average molecular weight is 419 g/mol. The molecule has 0 N–H and O–H groups in total. The highest BCUT2D eigenvalue weighted by atomic mass is 16.2. The monoisotopic (exact) mass is 419 g/mol. The molecule has 0 spiro atoms. The Hall–Kier alpha value is -3.49. The molecule has 0 aliphatic carbocycles. The molecular weight excluding hydrogens is 394 g/mol. The zero-order valence-electron chi connectivity index (χ0n) is 17.3. The molecular formula is C22H25N7O2. The Morgan fingerprint density at radius 1 is 1.06 bits per heavy atom. The summed E-state index contributed by atoms with van der Waals surface area (Å²) in [5.41, 5.74) is 2.84. The van der Waals surface area contributed by atoms with Crippen molar-refractivity contribution in [1.29, 1.82) is 0 Å². The number of carbonyl (C=O) groups is 2. The SMILES string of the molecule is O=C(c1cn(C[C@@H]2CCCN2C(=O)Cn2cccn2)nn1)N1CCc2ccccc2C1. The van der Waals surface area contributed by atoms with Gasteiger partial charge in [-0.1, -0.05) is 29.5 Å². The van der Waals surface area contributed by atoms with Crippen molar-refractivity contribution in [3.05, 3.63) is 65.7 Å². The van der Waals surface area contributed by atoms with Gasteiger partial charge in [0.25, 0.3) is 5.91 Å². The molecule has 1 fully saturated rings. The summed E-state index contributed by atoms with van der Waals surface area (Å²) < 4.78 is 3.33. The molecule has 2 aromatic heterocycles. The van der Waals surface area contributed by atoms with Crippen molar-refractivity contribution >= 4 is 11.8 Å². The van der Waals surface area contributed by atoms with Crippen LogP contribution in [0, 0.1) is 0 Å². The first kappa shape index (κ1) is 19.5. The van der Waals surface area contributed by atoms with Crippen LogP contribution in [-0.2, 0) is 30.8 Å². The van der Waals surface area contributed by atoms with Gasteiger partial charge < -0.3 is 9.80 Å². The molecule has 1 aromatic carbocycles. The van der Waals surface area contributed by atoms with Crippen LogP contribution in [0.1, 0.15) is 34.5 Å². The summed E-state index contributed by atoms with van der Waals surface area (Å²) in [5, 5.41) is 12.4. The smallest absolute Gasteiger partial charge is 0.276 e. The van der Waals surface area contributed by atoms with E-state index in [-0.39, 0.29) is 24.4 Å². The van der Waals surface area contributed by atoms with E-state index in [2.05, 4.69) is 27.5 Å². The number of hydrogen-bond donors (Lipinski definition) is 0. The van der Waals surface area contributed by atoms with Gasteiger partial charge in [0.2, 0.25) is 5.91 Å². The quantitative estimate of drug-likeness (QED) is 0.623. The molecule has 5 rings (SSSR count). The minimum Gasteiger partial charge on any atom is -0.336 e. The molecule has 0 unspecified atom stereocenters. The van der Waals surface area contributed by atoms with Crippen molar-refractivity contribution in [2.75, 3.05) is 13.1 Å². The fraction of sp³-hybridized carbons (Fsp3) is 0.409. The van der Waals surface area contributed by atoms with E-state index in [4.69, 9.17) is 0 Å². The minimum atomic E-state index is -0.0983. The third-order valence-corrected chi connectivity index (χ3v) is 6.13. The number of carbonyl (C=O) groups excluding carboxylic acids is 2. The maximum atomic E-state index is 12.9. The lowest BCUT2D eigenvalue weighted by Crippen LogP contribution is -2.40. The van der Waals surface area contributed by atoms with Crippen LogP contribution in [0.4, 0.5) is 0 Å². The number of fused-ring (bicyclic) bond motifs is 1. The molecule has 0 saturated carbocycles. The minimum absolute atomic E-state index is 0.0505. The van der Waals surface area contributed by atoms with E-state index in [1.54, 1.807) is 28.0 Å². The number of rotatable bonds is 5. The largest absolute Gasteiger partial charge is 0.336 e. The van der Waals surface area contributed by atoms with Crippen molar-refractivity contribution < 1.29 is 9.59 Å². The fourth-order valence-corrected chi connectivity index (χ4v) is 4.51. The van der Waals surface area contributed by atoms with Crippen LogP contribution in [0.15, 0.2) is 48.9 Å². The Morgan fingerprint density at radius 3 is 2.77 bits per heavy atom. The summed E-state index contributed by atoms with van der Waals surface area (Å²) in [6.07, 6.45) is 7.89. The van der Waals surface area contributed by atoms with Gasteiger partial charge in [0.05, 0.1) is 18.8 Å². The van der Waals surface area contributed by atoms with Crippen LogP contribution in [0.25, 0.3) is 0 Å². The third kappa shape index (κ3) is 4.08. The summed E-state index contributed by atoms with van der Waals surface area (Å²) in [5.74, 6) is -0.0478. The van der Waals surface area contributed by atoms with E-state index in [1.165, 1.54) is 11.1 Å². The average Bonchev–Trinajstić information content (AvgIpc) is 3.55. The fourth-order valence-electron chi connectivity index (χ4n) is 4.51. The maximum absolute atomic E-state index is 12.9. The predicted octanol–water partition coefficient (Wildman–Crippen LogP) is 1.36. The van der Waals surface area contributed by atoms with Crippen molar-refractivity contribution in [3.8, 4) is 0 Å². The Morgan fingerprint density at radius 2 is 1.94 bits per heavy atom. The maximum Gasteiger partial charge on any atom is 0.276 e. The summed E-state index contributed by atoms with van der Waals surface area (Å²) in [6.45, 7) is 2.79. The molecule has 2 aliphatic heterocycles. The second kappa shape index (κ2) is 8.33. The molecule has 0 radical (unpaired) electrons. The second-order valence-corrected chi connectivity index (χ2v) is 8.16. The molecule has 9 nitrogen and oxygen atoms in total. The lowest BCUT2D eigenvalue weighted by Gasteiger charge is -2.28. The molecule has 4 heterocycles. The standard InChI is InChI=1S/C22H25N7O2/c30-21(16-27-10-4-9-23-27)29-11-3-7-19(29)14-28-15-20(24-25-28)22(31)26-12-8-17-5-1-2-6-18(17)13-26/h1-2,4-6,9-10,15,19H,3,7-8,11-14,16H2/t19-/m0/s1. The lowest BCUT2D eigenvalue weighted by atomic mass is 10.00. The second-order valence-electron chi connectivity index (χ2n) is 8.16. The highest BCUT2D eigenvalue weighted by Gasteiger charge is 2.30. The van der Waals surface area contributed by atoms with E-state index >= 15 is 0 Å². The zero-order chi connectivity index (χ0) is 21.2. The van der Waals surface area contributed by atoms with Crippen molar-refractivity contribution in [2.24, 2.45) is 0 Å². The molecule has 31 heavy (non-hydrogen) atoms. The highest BCUT2D eigenvalue weighted by molar-refractivity contribution is 5.92. The van der Waals surface area contributed by atoms with Crippen LogP contribution in [0.2, 0.25) is 0 Å². The summed E-state index contributed by atoms with van der Waals surface area (Å²) in [4.78, 5) is 29.4. The topological polar surface area (TPSA) is 89.2 Å². The number of hydrogen-bond acceptors (Lipinski definition) is 5. The number of benzene rings is 1. The predicted molar refractivity (Wildman–Crippen MR) is 112 cm³/mol.